The maximum absolute atomic E-state index is 11.9. The molecule has 20 heavy (non-hydrogen) atoms. The molecule has 0 saturated carbocycles. The largest absolute Gasteiger partial charge is 0.480 e. The zero-order valence-corrected chi connectivity index (χ0v) is 11.5. The molecular formula is C15H14ClNO3. The van der Waals surface area contributed by atoms with Gasteiger partial charge in [0.05, 0.1) is 0 Å². The van der Waals surface area contributed by atoms with Crippen molar-refractivity contribution in [2.45, 2.75) is 18.9 Å². The summed E-state index contributed by atoms with van der Waals surface area (Å²) in [6, 6.07) is 6.04. The number of nitrogens with zero attached hydrogens (tertiary/aromatic N) is 1. The van der Waals surface area contributed by atoms with Gasteiger partial charge in [-0.25, -0.2) is 4.79 Å². The van der Waals surface area contributed by atoms with Crippen molar-refractivity contribution in [2.75, 3.05) is 6.54 Å². The number of carboxylic acid groups (broad SMARTS) is 1. The van der Waals surface area contributed by atoms with Gasteiger partial charge in [0.1, 0.15) is 6.04 Å². The molecule has 0 spiro atoms. The maximum Gasteiger partial charge on any atom is 0.326 e. The quantitative estimate of drug-likeness (QED) is 0.861. The fourth-order valence-corrected chi connectivity index (χ4v) is 2.45. The molecule has 1 saturated heterocycles. The number of rotatable bonds is 4. The zero-order chi connectivity index (χ0) is 14.7. The molecular weight excluding hydrogens is 278 g/mol. The number of carbonyl (C=O) groups is 2. The third-order valence-corrected chi connectivity index (χ3v) is 3.65. The van der Waals surface area contributed by atoms with Gasteiger partial charge in [0, 0.05) is 30.3 Å². The average molecular weight is 292 g/mol. The lowest BCUT2D eigenvalue weighted by Crippen LogP contribution is -2.43. The first-order chi connectivity index (χ1) is 9.51. The van der Waals surface area contributed by atoms with Crippen molar-refractivity contribution in [2.24, 2.45) is 5.92 Å². The van der Waals surface area contributed by atoms with E-state index in [0.717, 1.165) is 5.56 Å². The second-order valence-electron chi connectivity index (χ2n) is 4.80. The Kier molecular flexibility index (Phi) is 4.31. The van der Waals surface area contributed by atoms with E-state index in [-0.39, 0.29) is 24.7 Å². The van der Waals surface area contributed by atoms with Gasteiger partial charge in [0.15, 0.2) is 0 Å². The zero-order valence-electron chi connectivity index (χ0n) is 10.8. The number of carbonyl (C=O) groups excluding carboxylic acids is 1. The van der Waals surface area contributed by atoms with Crippen molar-refractivity contribution in [3.63, 3.8) is 0 Å². The van der Waals surface area contributed by atoms with E-state index in [1.165, 1.54) is 4.90 Å². The van der Waals surface area contributed by atoms with Crippen LogP contribution in [0.2, 0.25) is 5.02 Å². The molecule has 1 aliphatic heterocycles. The van der Waals surface area contributed by atoms with Crippen LogP contribution in [0.5, 0.6) is 0 Å². The van der Waals surface area contributed by atoms with Crippen molar-refractivity contribution in [3.05, 3.63) is 34.9 Å². The molecule has 1 heterocycles. The van der Waals surface area contributed by atoms with E-state index in [2.05, 4.69) is 5.92 Å². The number of benzene rings is 1. The number of aliphatic carboxylic acids is 1. The van der Waals surface area contributed by atoms with Gasteiger partial charge in [0.25, 0.3) is 0 Å². The first kappa shape index (κ1) is 14.4. The molecule has 5 heteroatoms. The lowest BCUT2D eigenvalue weighted by atomic mass is 10.0. The van der Waals surface area contributed by atoms with E-state index in [1.54, 1.807) is 24.3 Å². The van der Waals surface area contributed by atoms with Crippen molar-refractivity contribution >= 4 is 23.5 Å². The minimum atomic E-state index is -1.02. The lowest BCUT2D eigenvalue weighted by Gasteiger charge is -2.24. The third-order valence-electron chi connectivity index (χ3n) is 3.40. The molecule has 0 aromatic heterocycles. The number of hydrogen-bond acceptors (Lipinski definition) is 2. The van der Waals surface area contributed by atoms with Gasteiger partial charge in [-0.05, 0) is 17.7 Å². The van der Waals surface area contributed by atoms with Crippen LogP contribution >= 0.6 is 11.6 Å². The first-order valence-corrected chi connectivity index (χ1v) is 6.62. The summed E-state index contributed by atoms with van der Waals surface area (Å²) in [6.07, 6.45) is 5.78. The summed E-state index contributed by atoms with van der Waals surface area (Å²) in [6.45, 7) is 0.305. The van der Waals surface area contributed by atoms with Crippen LogP contribution < -0.4 is 0 Å². The highest BCUT2D eigenvalue weighted by Gasteiger charge is 2.36. The highest BCUT2D eigenvalue weighted by molar-refractivity contribution is 6.30. The van der Waals surface area contributed by atoms with Crippen molar-refractivity contribution in [3.8, 4) is 12.3 Å². The Bertz CT molecular complexity index is 561. The predicted molar refractivity (Wildman–Crippen MR) is 75.2 cm³/mol. The molecule has 1 N–H and O–H groups in total. The van der Waals surface area contributed by atoms with Crippen LogP contribution in [0.3, 0.4) is 0 Å². The van der Waals surface area contributed by atoms with E-state index in [4.69, 9.17) is 18.0 Å². The Labute approximate surface area is 122 Å². The number of halogens is 1. The van der Waals surface area contributed by atoms with Crippen molar-refractivity contribution in [1.29, 1.82) is 0 Å². The molecule has 2 rings (SSSR count). The minimum Gasteiger partial charge on any atom is -0.480 e. The molecule has 0 radical (unpaired) electrons. The highest BCUT2D eigenvalue weighted by atomic mass is 35.5. The monoisotopic (exact) mass is 291 g/mol. The van der Waals surface area contributed by atoms with Gasteiger partial charge in [-0.3, -0.25) is 4.79 Å². The Morgan fingerprint density at radius 3 is 2.65 bits per heavy atom. The fraction of sp³-hybridized carbons (Fsp3) is 0.333. The average Bonchev–Trinajstić information content (AvgIpc) is 2.79. The predicted octanol–water partition coefficient (Wildman–Crippen LogP) is 1.82. The lowest BCUT2D eigenvalue weighted by molar-refractivity contribution is -0.148. The Balaban J connectivity index is 2.16. The van der Waals surface area contributed by atoms with Gasteiger partial charge in [-0.2, -0.15) is 0 Å². The number of carboxylic acids is 1. The number of amides is 1. The van der Waals surface area contributed by atoms with Crippen LogP contribution in [0.25, 0.3) is 0 Å². The summed E-state index contributed by atoms with van der Waals surface area (Å²) >= 11 is 5.80. The first-order valence-electron chi connectivity index (χ1n) is 6.24. The molecule has 1 unspecified atom stereocenters. The number of hydrogen-bond donors (Lipinski definition) is 1. The summed E-state index contributed by atoms with van der Waals surface area (Å²) in [5.41, 5.74) is 0.818. The van der Waals surface area contributed by atoms with Crippen LogP contribution in [-0.4, -0.2) is 34.5 Å². The molecule has 0 bridgehead atoms. The standard InChI is InChI=1S/C15H14ClNO3/c1-2-10-8-14(18)17(9-10)13(15(19)20)7-11-3-5-12(16)6-4-11/h1,3-6,10,13H,7-9H2,(H,19,20)/t10?,13-/m0/s1. The minimum absolute atomic E-state index is 0.199. The van der Waals surface area contributed by atoms with Crippen LogP contribution in [0, 0.1) is 18.3 Å². The van der Waals surface area contributed by atoms with Gasteiger partial charge in [0.2, 0.25) is 5.91 Å². The second kappa shape index (κ2) is 5.98. The Hall–Kier alpha value is -1.99. The topological polar surface area (TPSA) is 57.6 Å². The van der Waals surface area contributed by atoms with Crippen molar-refractivity contribution in [1.82, 2.24) is 4.90 Å². The maximum atomic E-state index is 11.9. The molecule has 1 amide bonds. The summed E-state index contributed by atoms with van der Waals surface area (Å²) in [7, 11) is 0. The fourth-order valence-electron chi connectivity index (χ4n) is 2.32. The summed E-state index contributed by atoms with van der Waals surface area (Å²) < 4.78 is 0. The van der Waals surface area contributed by atoms with E-state index < -0.39 is 12.0 Å². The van der Waals surface area contributed by atoms with Gasteiger partial charge in [-0.1, -0.05) is 23.7 Å². The molecule has 1 fully saturated rings. The summed E-state index contributed by atoms with van der Waals surface area (Å²) in [4.78, 5) is 24.7. The molecule has 104 valence electrons. The number of terminal acetylenes is 1. The van der Waals surface area contributed by atoms with Crippen LogP contribution in [0.1, 0.15) is 12.0 Å². The van der Waals surface area contributed by atoms with Gasteiger partial charge in [-0.15, -0.1) is 12.3 Å². The van der Waals surface area contributed by atoms with E-state index in [9.17, 15) is 14.7 Å². The Morgan fingerprint density at radius 2 is 2.15 bits per heavy atom. The second-order valence-corrected chi connectivity index (χ2v) is 5.23. The normalized spacial score (nSPS) is 19.7. The molecule has 1 aliphatic rings. The molecule has 4 nitrogen and oxygen atoms in total. The molecule has 1 aromatic rings. The number of likely N-dealkylation sites (tertiary alicyclic amines) is 1. The highest BCUT2D eigenvalue weighted by Crippen LogP contribution is 2.22. The molecule has 2 atom stereocenters. The van der Waals surface area contributed by atoms with E-state index in [0.29, 0.717) is 11.6 Å². The molecule has 0 aliphatic carbocycles. The van der Waals surface area contributed by atoms with Crippen LogP contribution in [0.4, 0.5) is 0 Å². The summed E-state index contributed by atoms with van der Waals surface area (Å²) in [5.74, 6) is 1.10. The Morgan fingerprint density at radius 1 is 1.50 bits per heavy atom. The molecule has 1 aromatic carbocycles. The SMILES string of the molecule is C#CC1CC(=O)N([C@@H](Cc2ccc(Cl)cc2)C(=O)O)C1. The summed E-state index contributed by atoms with van der Waals surface area (Å²) in [5, 5.41) is 9.94. The van der Waals surface area contributed by atoms with Gasteiger partial charge >= 0.3 is 5.97 Å². The van der Waals surface area contributed by atoms with Crippen LogP contribution in [-0.2, 0) is 16.0 Å². The smallest absolute Gasteiger partial charge is 0.326 e. The van der Waals surface area contributed by atoms with Crippen molar-refractivity contribution < 1.29 is 14.7 Å². The van der Waals surface area contributed by atoms with Crippen LogP contribution in [0.15, 0.2) is 24.3 Å². The van der Waals surface area contributed by atoms with E-state index >= 15 is 0 Å². The third kappa shape index (κ3) is 3.12. The van der Waals surface area contributed by atoms with Gasteiger partial charge < -0.3 is 10.0 Å². The van der Waals surface area contributed by atoms with E-state index in [1.807, 2.05) is 0 Å².